The third-order valence-electron chi connectivity index (χ3n) is 4.16. The van der Waals surface area contributed by atoms with Gasteiger partial charge in [0.1, 0.15) is 11.5 Å². The standard InChI is InChI=1S/C14H20N4O/c15-13-5-1-4-12(17-13)14(19)16-10-6-8-18-7-2-3-11(18)9-10/h1,4-5,10-11H,2-3,6-9H2,(H2,15,17)(H,16,19). The van der Waals surface area contributed by atoms with Crippen LogP contribution in [0.4, 0.5) is 5.82 Å². The number of anilines is 1. The summed E-state index contributed by atoms with van der Waals surface area (Å²) in [6.07, 6.45) is 4.66. The lowest BCUT2D eigenvalue weighted by molar-refractivity contribution is 0.0891. The van der Waals surface area contributed by atoms with E-state index < -0.39 is 0 Å². The number of piperidine rings is 1. The van der Waals surface area contributed by atoms with Crippen LogP contribution in [0.15, 0.2) is 18.2 Å². The van der Waals surface area contributed by atoms with Gasteiger partial charge in [-0.3, -0.25) is 4.79 Å². The van der Waals surface area contributed by atoms with Gasteiger partial charge in [-0.15, -0.1) is 0 Å². The number of carbonyl (C=O) groups is 1. The summed E-state index contributed by atoms with van der Waals surface area (Å²) in [4.78, 5) is 18.7. The minimum absolute atomic E-state index is 0.108. The van der Waals surface area contributed by atoms with Crippen molar-refractivity contribution in [2.24, 2.45) is 0 Å². The minimum atomic E-state index is -0.108. The number of nitrogens with two attached hydrogens (primary N) is 1. The molecule has 1 aromatic heterocycles. The highest BCUT2D eigenvalue weighted by molar-refractivity contribution is 5.92. The van der Waals surface area contributed by atoms with Crippen LogP contribution in [0.25, 0.3) is 0 Å². The third kappa shape index (κ3) is 2.71. The van der Waals surface area contributed by atoms with E-state index in [1.807, 2.05) is 0 Å². The summed E-state index contributed by atoms with van der Waals surface area (Å²) in [6.45, 7) is 2.32. The van der Waals surface area contributed by atoms with E-state index in [2.05, 4.69) is 15.2 Å². The molecule has 0 aromatic carbocycles. The largest absolute Gasteiger partial charge is 0.384 e. The fraction of sp³-hybridized carbons (Fsp3) is 0.571. The molecule has 2 saturated heterocycles. The Hall–Kier alpha value is -1.62. The van der Waals surface area contributed by atoms with Crippen molar-refractivity contribution in [3.63, 3.8) is 0 Å². The first-order valence-electron chi connectivity index (χ1n) is 7.00. The predicted octanol–water partition coefficient (Wildman–Crippen LogP) is 1.02. The number of carbonyl (C=O) groups excluding carboxylic acids is 1. The number of nitrogens with one attached hydrogen (secondary N) is 1. The second-order valence-corrected chi connectivity index (χ2v) is 5.47. The molecule has 102 valence electrons. The van der Waals surface area contributed by atoms with Crippen LogP contribution in [0.1, 0.15) is 36.2 Å². The number of rotatable bonds is 2. The zero-order valence-corrected chi connectivity index (χ0v) is 11.0. The van der Waals surface area contributed by atoms with Crippen molar-refractivity contribution in [1.82, 2.24) is 15.2 Å². The molecule has 0 radical (unpaired) electrons. The molecule has 2 aliphatic heterocycles. The first-order chi connectivity index (χ1) is 9.22. The summed E-state index contributed by atoms with van der Waals surface area (Å²) in [5.41, 5.74) is 6.01. The van der Waals surface area contributed by atoms with Crippen LogP contribution < -0.4 is 11.1 Å². The maximum atomic E-state index is 12.1. The van der Waals surface area contributed by atoms with Gasteiger partial charge < -0.3 is 16.0 Å². The molecule has 1 amide bonds. The van der Waals surface area contributed by atoms with Crippen LogP contribution in [0.2, 0.25) is 0 Å². The fourth-order valence-electron chi connectivity index (χ4n) is 3.19. The molecular formula is C14H20N4O. The van der Waals surface area contributed by atoms with E-state index in [1.54, 1.807) is 18.2 Å². The number of hydrogen-bond acceptors (Lipinski definition) is 4. The van der Waals surface area contributed by atoms with Crippen molar-refractivity contribution in [2.75, 3.05) is 18.8 Å². The third-order valence-corrected chi connectivity index (χ3v) is 4.16. The average molecular weight is 260 g/mol. The lowest BCUT2D eigenvalue weighted by Gasteiger charge is -2.35. The molecular weight excluding hydrogens is 240 g/mol. The van der Waals surface area contributed by atoms with E-state index in [1.165, 1.54) is 19.4 Å². The second-order valence-electron chi connectivity index (χ2n) is 5.47. The molecule has 2 unspecified atom stereocenters. The number of nitrogens with zero attached hydrogens (tertiary/aromatic N) is 2. The average Bonchev–Trinajstić information content (AvgIpc) is 2.86. The Labute approximate surface area is 113 Å². The Morgan fingerprint density at radius 2 is 2.26 bits per heavy atom. The van der Waals surface area contributed by atoms with Crippen LogP contribution in [0.5, 0.6) is 0 Å². The Morgan fingerprint density at radius 1 is 1.37 bits per heavy atom. The van der Waals surface area contributed by atoms with Crippen molar-refractivity contribution in [2.45, 2.75) is 37.8 Å². The lowest BCUT2D eigenvalue weighted by Crippen LogP contribution is -2.47. The second kappa shape index (κ2) is 5.17. The monoisotopic (exact) mass is 260 g/mol. The molecule has 0 saturated carbocycles. The SMILES string of the molecule is Nc1cccc(C(=O)NC2CCN3CCCC3C2)n1. The highest BCUT2D eigenvalue weighted by Crippen LogP contribution is 2.26. The molecule has 0 aliphatic carbocycles. The minimum Gasteiger partial charge on any atom is -0.384 e. The molecule has 1 aromatic rings. The zero-order valence-electron chi connectivity index (χ0n) is 11.0. The molecule has 3 N–H and O–H groups in total. The highest BCUT2D eigenvalue weighted by Gasteiger charge is 2.32. The van der Waals surface area contributed by atoms with Gasteiger partial charge >= 0.3 is 0 Å². The Kier molecular flexibility index (Phi) is 3.38. The number of hydrogen-bond donors (Lipinski definition) is 2. The molecule has 3 rings (SSSR count). The van der Waals surface area contributed by atoms with Crippen molar-refractivity contribution < 1.29 is 4.79 Å². The number of nitrogen functional groups attached to an aromatic ring is 1. The number of amides is 1. The molecule has 0 bridgehead atoms. The summed E-state index contributed by atoms with van der Waals surface area (Å²) < 4.78 is 0. The normalized spacial score (nSPS) is 26.9. The van der Waals surface area contributed by atoms with E-state index in [-0.39, 0.29) is 11.9 Å². The van der Waals surface area contributed by atoms with Crippen molar-refractivity contribution in [3.05, 3.63) is 23.9 Å². The van der Waals surface area contributed by atoms with Gasteiger partial charge in [0, 0.05) is 18.6 Å². The van der Waals surface area contributed by atoms with Gasteiger partial charge in [0.15, 0.2) is 0 Å². The lowest BCUT2D eigenvalue weighted by atomic mass is 9.97. The summed E-state index contributed by atoms with van der Waals surface area (Å²) in [5, 5.41) is 3.09. The maximum absolute atomic E-state index is 12.1. The Balaban J connectivity index is 1.61. The van der Waals surface area contributed by atoms with Gasteiger partial charge in [-0.25, -0.2) is 4.98 Å². The van der Waals surface area contributed by atoms with Crippen LogP contribution in [0.3, 0.4) is 0 Å². The summed E-state index contributed by atoms with van der Waals surface area (Å²) in [7, 11) is 0. The zero-order chi connectivity index (χ0) is 13.2. The van der Waals surface area contributed by atoms with Crippen LogP contribution in [-0.2, 0) is 0 Å². The molecule has 5 heteroatoms. The molecule has 2 atom stereocenters. The van der Waals surface area contributed by atoms with Crippen LogP contribution >= 0.6 is 0 Å². The molecule has 2 aliphatic rings. The quantitative estimate of drug-likeness (QED) is 0.833. The van der Waals surface area contributed by atoms with E-state index in [0.717, 1.165) is 19.4 Å². The van der Waals surface area contributed by atoms with Crippen molar-refractivity contribution in [3.8, 4) is 0 Å². The Bertz CT molecular complexity index is 476. The maximum Gasteiger partial charge on any atom is 0.270 e. The smallest absolute Gasteiger partial charge is 0.270 e. The molecule has 3 heterocycles. The predicted molar refractivity (Wildman–Crippen MR) is 73.7 cm³/mol. The first-order valence-corrected chi connectivity index (χ1v) is 7.00. The number of fused-ring (bicyclic) bond motifs is 1. The molecule has 5 nitrogen and oxygen atoms in total. The Morgan fingerprint density at radius 3 is 3.11 bits per heavy atom. The van der Waals surface area contributed by atoms with Gasteiger partial charge in [0.2, 0.25) is 0 Å². The van der Waals surface area contributed by atoms with Gasteiger partial charge in [-0.1, -0.05) is 6.07 Å². The highest BCUT2D eigenvalue weighted by atomic mass is 16.1. The van der Waals surface area contributed by atoms with Gasteiger partial charge in [-0.05, 0) is 44.4 Å². The molecule has 19 heavy (non-hydrogen) atoms. The van der Waals surface area contributed by atoms with Gasteiger partial charge in [-0.2, -0.15) is 0 Å². The topological polar surface area (TPSA) is 71.2 Å². The van der Waals surface area contributed by atoms with Gasteiger partial charge in [0.25, 0.3) is 5.91 Å². The van der Waals surface area contributed by atoms with E-state index in [4.69, 9.17) is 5.73 Å². The van der Waals surface area contributed by atoms with Crippen LogP contribution in [-0.4, -0.2) is 41.0 Å². The summed E-state index contributed by atoms with van der Waals surface area (Å²) >= 11 is 0. The van der Waals surface area contributed by atoms with Crippen molar-refractivity contribution in [1.29, 1.82) is 0 Å². The molecule has 0 spiro atoms. The molecule has 2 fully saturated rings. The summed E-state index contributed by atoms with van der Waals surface area (Å²) in [6, 6.07) is 6.09. The number of aromatic nitrogens is 1. The van der Waals surface area contributed by atoms with E-state index in [0.29, 0.717) is 17.6 Å². The van der Waals surface area contributed by atoms with Crippen LogP contribution in [0, 0.1) is 0 Å². The number of pyridine rings is 1. The fourth-order valence-corrected chi connectivity index (χ4v) is 3.19. The van der Waals surface area contributed by atoms with E-state index in [9.17, 15) is 4.79 Å². The van der Waals surface area contributed by atoms with Crippen molar-refractivity contribution >= 4 is 11.7 Å². The summed E-state index contributed by atoms with van der Waals surface area (Å²) in [5.74, 6) is 0.280. The first kappa shape index (κ1) is 12.4. The van der Waals surface area contributed by atoms with E-state index >= 15 is 0 Å². The van der Waals surface area contributed by atoms with Gasteiger partial charge in [0.05, 0.1) is 0 Å².